The maximum absolute atomic E-state index is 12.4. The summed E-state index contributed by atoms with van der Waals surface area (Å²) in [4.78, 5) is 2.44. The van der Waals surface area contributed by atoms with E-state index in [-0.39, 0.29) is 17.3 Å². The molecule has 2 atom stereocenters. The van der Waals surface area contributed by atoms with E-state index >= 15 is 0 Å². The number of piperazine rings is 1. The summed E-state index contributed by atoms with van der Waals surface area (Å²) in [6.45, 7) is 10.9. The molecule has 4 nitrogen and oxygen atoms in total. The highest BCUT2D eigenvalue weighted by molar-refractivity contribution is 7.89. The van der Waals surface area contributed by atoms with E-state index in [1.54, 1.807) is 13.8 Å². The van der Waals surface area contributed by atoms with Crippen molar-refractivity contribution in [3.8, 4) is 0 Å². The summed E-state index contributed by atoms with van der Waals surface area (Å²) in [6, 6.07) is 0.435. The third-order valence-electron chi connectivity index (χ3n) is 4.00. The first-order valence-electron chi connectivity index (χ1n) is 7.07. The molecule has 2 bridgehead atoms. The van der Waals surface area contributed by atoms with Crippen molar-refractivity contribution in [2.24, 2.45) is 5.92 Å². The Kier molecular flexibility index (Phi) is 4.04. The minimum atomic E-state index is -3.08. The van der Waals surface area contributed by atoms with Crippen LogP contribution in [0.15, 0.2) is 0 Å². The van der Waals surface area contributed by atoms with Gasteiger partial charge in [-0.25, -0.2) is 8.42 Å². The van der Waals surface area contributed by atoms with E-state index in [4.69, 9.17) is 0 Å². The summed E-state index contributed by atoms with van der Waals surface area (Å²) in [6.07, 6.45) is 2.07. The minimum Gasteiger partial charge on any atom is -0.300 e. The Labute approximate surface area is 111 Å². The molecule has 2 saturated heterocycles. The smallest absolute Gasteiger partial charge is 0.217 e. The molecule has 2 aliphatic heterocycles. The van der Waals surface area contributed by atoms with E-state index in [1.165, 1.54) is 0 Å². The topological polar surface area (TPSA) is 40.6 Å². The average molecular weight is 274 g/mol. The van der Waals surface area contributed by atoms with E-state index in [0.29, 0.717) is 5.92 Å². The second-order valence-corrected chi connectivity index (χ2v) is 8.82. The first kappa shape index (κ1) is 14.3. The van der Waals surface area contributed by atoms with Crippen LogP contribution in [0.2, 0.25) is 0 Å². The lowest BCUT2D eigenvalue weighted by atomic mass is 10.1. The van der Waals surface area contributed by atoms with Crippen molar-refractivity contribution in [1.82, 2.24) is 9.21 Å². The molecule has 18 heavy (non-hydrogen) atoms. The Morgan fingerprint density at radius 2 is 1.56 bits per heavy atom. The highest BCUT2D eigenvalue weighted by Gasteiger charge is 2.46. The standard InChI is InChI=1S/C13H26N2O2S/c1-10(2)7-14-8-12-5-6-13(9-14)15(12)18(16,17)11(3)4/h10-13H,5-9H2,1-4H3. The van der Waals surface area contributed by atoms with Crippen molar-refractivity contribution in [2.45, 2.75) is 57.9 Å². The number of hydrogen-bond acceptors (Lipinski definition) is 3. The summed E-state index contributed by atoms with van der Waals surface area (Å²) in [7, 11) is -3.08. The zero-order chi connectivity index (χ0) is 13.5. The Hall–Kier alpha value is -0.130. The van der Waals surface area contributed by atoms with Crippen LogP contribution in [0, 0.1) is 5.92 Å². The zero-order valence-corrected chi connectivity index (χ0v) is 12.8. The van der Waals surface area contributed by atoms with Crippen LogP contribution < -0.4 is 0 Å². The van der Waals surface area contributed by atoms with Crippen molar-refractivity contribution >= 4 is 10.0 Å². The van der Waals surface area contributed by atoms with Crippen LogP contribution in [-0.2, 0) is 10.0 Å². The molecule has 106 valence electrons. The van der Waals surface area contributed by atoms with Crippen molar-refractivity contribution in [3.63, 3.8) is 0 Å². The average Bonchev–Trinajstić information content (AvgIpc) is 2.51. The van der Waals surface area contributed by atoms with Gasteiger partial charge < -0.3 is 0 Å². The number of likely N-dealkylation sites (tertiary alicyclic amines) is 1. The Morgan fingerprint density at radius 3 is 1.94 bits per heavy atom. The number of nitrogens with zero attached hydrogens (tertiary/aromatic N) is 2. The first-order valence-corrected chi connectivity index (χ1v) is 8.57. The Morgan fingerprint density at radius 1 is 1.06 bits per heavy atom. The summed E-state index contributed by atoms with van der Waals surface area (Å²) >= 11 is 0. The molecule has 0 aliphatic carbocycles. The van der Waals surface area contributed by atoms with Gasteiger partial charge in [0.2, 0.25) is 10.0 Å². The highest BCUT2D eigenvalue weighted by atomic mass is 32.2. The fourth-order valence-electron chi connectivity index (χ4n) is 3.28. The highest BCUT2D eigenvalue weighted by Crippen LogP contribution is 2.34. The summed E-state index contributed by atoms with van der Waals surface area (Å²) in [5.74, 6) is 0.651. The number of hydrogen-bond donors (Lipinski definition) is 0. The first-order chi connectivity index (χ1) is 8.32. The normalized spacial score (nSPS) is 30.6. The molecule has 0 N–H and O–H groups in total. The SMILES string of the molecule is CC(C)CN1CC2CCC(C1)N2S(=O)(=O)C(C)C. The van der Waals surface area contributed by atoms with Gasteiger partial charge in [-0.3, -0.25) is 4.90 Å². The van der Waals surface area contributed by atoms with Crippen LogP contribution in [0.5, 0.6) is 0 Å². The molecule has 0 aromatic carbocycles. The van der Waals surface area contributed by atoms with Crippen LogP contribution in [-0.4, -0.2) is 54.6 Å². The largest absolute Gasteiger partial charge is 0.300 e. The van der Waals surface area contributed by atoms with Crippen LogP contribution in [0.25, 0.3) is 0 Å². The molecule has 5 heteroatoms. The van der Waals surface area contributed by atoms with Crippen LogP contribution in [0.4, 0.5) is 0 Å². The third kappa shape index (κ3) is 2.58. The van der Waals surface area contributed by atoms with Crippen LogP contribution >= 0.6 is 0 Å². The molecular weight excluding hydrogens is 248 g/mol. The van der Waals surface area contributed by atoms with E-state index in [1.807, 2.05) is 4.31 Å². The molecule has 0 saturated carbocycles. The predicted octanol–water partition coefficient (Wildman–Crippen LogP) is 1.53. The second kappa shape index (κ2) is 5.10. The van der Waals surface area contributed by atoms with Gasteiger partial charge in [0.15, 0.2) is 0 Å². The number of sulfonamides is 1. The van der Waals surface area contributed by atoms with Gasteiger partial charge in [0.25, 0.3) is 0 Å². The molecule has 2 fully saturated rings. The molecule has 0 radical (unpaired) electrons. The Balaban J connectivity index is 2.11. The minimum absolute atomic E-state index is 0.217. The summed E-state index contributed by atoms with van der Waals surface area (Å²) in [5, 5.41) is -0.294. The summed E-state index contributed by atoms with van der Waals surface area (Å²) < 4.78 is 26.6. The molecule has 0 amide bonds. The van der Waals surface area contributed by atoms with Gasteiger partial charge in [-0.15, -0.1) is 0 Å². The van der Waals surface area contributed by atoms with Gasteiger partial charge in [0.05, 0.1) is 5.25 Å². The van der Waals surface area contributed by atoms with Crippen LogP contribution in [0.1, 0.15) is 40.5 Å². The fourth-order valence-corrected chi connectivity index (χ4v) is 4.94. The maximum atomic E-state index is 12.4. The van der Waals surface area contributed by atoms with Gasteiger partial charge in [0, 0.05) is 31.7 Å². The van der Waals surface area contributed by atoms with Crippen molar-refractivity contribution in [3.05, 3.63) is 0 Å². The second-order valence-electron chi connectivity index (χ2n) is 6.42. The molecular formula is C13H26N2O2S. The molecule has 0 spiro atoms. The molecule has 2 heterocycles. The number of rotatable bonds is 4. The number of fused-ring (bicyclic) bond motifs is 2. The molecule has 2 rings (SSSR count). The van der Waals surface area contributed by atoms with Crippen molar-refractivity contribution < 1.29 is 8.42 Å². The van der Waals surface area contributed by atoms with Gasteiger partial charge in [0.1, 0.15) is 0 Å². The summed E-state index contributed by atoms with van der Waals surface area (Å²) in [5.41, 5.74) is 0. The molecule has 0 aromatic rings. The predicted molar refractivity (Wildman–Crippen MR) is 74.0 cm³/mol. The lowest BCUT2D eigenvalue weighted by Crippen LogP contribution is -2.57. The molecule has 0 aromatic heterocycles. The van der Waals surface area contributed by atoms with E-state index in [2.05, 4.69) is 18.7 Å². The lowest BCUT2D eigenvalue weighted by Gasteiger charge is -2.41. The fraction of sp³-hybridized carbons (Fsp3) is 1.00. The van der Waals surface area contributed by atoms with Crippen molar-refractivity contribution in [1.29, 1.82) is 0 Å². The zero-order valence-electron chi connectivity index (χ0n) is 12.0. The van der Waals surface area contributed by atoms with E-state index < -0.39 is 10.0 Å². The van der Waals surface area contributed by atoms with Gasteiger partial charge in [-0.05, 0) is 32.6 Å². The van der Waals surface area contributed by atoms with Gasteiger partial charge >= 0.3 is 0 Å². The monoisotopic (exact) mass is 274 g/mol. The molecule has 2 aliphatic rings. The van der Waals surface area contributed by atoms with E-state index in [9.17, 15) is 8.42 Å². The van der Waals surface area contributed by atoms with Gasteiger partial charge in [-0.1, -0.05) is 13.8 Å². The van der Waals surface area contributed by atoms with Crippen LogP contribution in [0.3, 0.4) is 0 Å². The molecule has 2 unspecified atom stereocenters. The van der Waals surface area contributed by atoms with Crippen molar-refractivity contribution in [2.75, 3.05) is 19.6 Å². The third-order valence-corrected chi connectivity index (χ3v) is 6.38. The van der Waals surface area contributed by atoms with E-state index in [0.717, 1.165) is 32.5 Å². The maximum Gasteiger partial charge on any atom is 0.217 e. The lowest BCUT2D eigenvalue weighted by molar-refractivity contribution is 0.117. The quantitative estimate of drug-likeness (QED) is 0.780. The Bertz CT molecular complexity index is 378. The van der Waals surface area contributed by atoms with Gasteiger partial charge in [-0.2, -0.15) is 4.31 Å².